The summed E-state index contributed by atoms with van der Waals surface area (Å²) in [4.78, 5) is 11.7. The van der Waals surface area contributed by atoms with Crippen molar-refractivity contribution in [1.82, 2.24) is 9.97 Å². The molecule has 0 radical (unpaired) electrons. The van der Waals surface area contributed by atoms with E-state index in [9.17, 15) is 8.78 Å². The smallest absolute Gasteiger partial charge is 0.142 e. The van der Waals surface area contributed by atoms with Crippen LogP contribution >= 0.6 is 11.6 Å². The van der Waals surface area contributed by atoms with E-state index in [1.54, 1.807) is 32.6 Å². The van der Waals surface area contributed by atoms with E-state index in [-0.39, 0.29) is 17.8 Å². The van der Waals surface area contributed by atoms with E-state index in [4.69, 9.17) is 21.4 Å². The Morgan fingerprint density at radius 1 is 1.30 bits per heavy atom. The van der Waals surface area contributed by atoms with Crippen molar-refractivity contribution in [3.8, 4) is 5.75 Å². The minimum atomic E-state index is -0.462. The van der Waals surface area contributed by atoms with Gasteiger partial charge in [-0.05, 0) is 74.8 Å². The Hall–Kier alpha value is -2.77. The average molecular weight is 534 g/mol. The number of rotatable bonds is 5. The monoisotopic (exact) mass is 533 g/mol. The number of ether oxygens (including phenoxy) is 1. The summed E-state index contributed by atoms with van der Waals surface area (Å²) in [6.45, 7) is 5.42. The Balaban J connectivity index is 0.000000365. The molecule has 0 saturated heterocycles. The molecule has 0 aliphatic heterocycles. The number of hydrogen-bond donors (Lipinski definition) is 2. The molecule has 1 aliphatic rings. The summed E-state index contributed by atoms with van der Waals surface area (Å²) >= 11 is 6.18. The number of hydrogen-bond acceptors (Lipinski definition) is 4. The van der Waals surface area contributed by atoms with E-state index < -0.39 is 5.82 Å². The van der Waals surface area contributed by atoms with Gasteiger partial charge in [-0.2, -0.15) is 0 Å². The first-order valence-electron chi connectivity index (χ1n) is 12.6. The van der Waals surface area contributed by atoms with Crippen molar-refractivity contribution >= 4 is 34.4 Å². The number of nitrogens with zero attached hydrogens (tertiary/aromatic N) is 2. The Labute approximate surface area is 223 Å². The number of aliphatic hydroxyl groups is 1. The third-order valence-corrected chi connectivity index (χ3v) is 6.66. The summed E-state index contributed by atoms with van der Waals surface area (Å²) in [7, 11) is 3.28. The van der Waals surface area contributed by atoms with Crippen molar-refractivity contribution in [1.29, 1.82) is 0 Å². The number of aromatic amines is 1. The highest BCUT2D eigenvalue weighted by molar-refractivity contribution is 6.31. The molecule has 5 nitrogen and oxygen atoms in total. The highest BCUT2D eigenvalue weighted by Gasteiger charge is 2.16. The fourth-order valence-corrected chi connectivity index (χ4v) is 4.40. The molecule has 8 heteroatoms. The van der Waals surface area contributed by atoms with Crippen molar-refractivity contribution in [3.63, 3.8) is 0 Å². The third-order valence-electron chi connectivity index (χ3n) is 6.25. The summed E-state index contributed by atoms with van der Waals surface area (Å²) in [6.07, 6.45) is 12.4. The average Bonchev–Trinajstić information content (AvgIpc) is 3.30. The molecule has 1 fully saturated rings. The first-order valence-corrected chi connectivity index (χ1v) is 13.0. The second kappa shape index (κ2) is 15.5. The summed E-state index contributed by atoms with van der Waals surface area (Å²) < 4.78 is 29.6. The maximum atomic E-state index is 13.9. The van der Waals surface area contributed by atoms with Gasteiger partial charge in [-0.15, -0.1) is 0 Å². The Morgan fingerprint density at radius 2 is 1.97 bits per heavy atom. The second-order valence-corrected chi connectivity index (χ2v) is 9.34. The second-order valence-electron chi connectivity index (χ2n) is 8.97. The van der Waals surface area contributed by atoms with Crippen molar-refractivity contribution in [2.24, 2.45) is 10.9 Å². The predicted octanol–water partition coefficient (Wildman–Crippen LogP) is 7.59. The van der Waals surface area contributed by atoms with Crippen LogP contribution < -0.4 is 4.74 Å². The normalized spacial score (nSPS) is 17.7. The number of aromatic nitrogens is 2. The number of nitrogens with one attached hydrogen (secondary N) is 1. The molecule has 0 atom stereocenters. The van der Waals surface area contributed by atoms with Crippen LogP contribution in [0.2, 0.25) is 5.02 Å². The maximum Gasteiger partial charge on any atom is 0.142 e. The Morgan fingerprint density at radius 3 is 2.54 bits per heavy atom. The number of benzene rings is 1. The largest absolute Gasteiger partial charge is 0.496 e. The summed E-state index contributed by atoms with van der Waals surface area (Å²) in [5, 5.41) is 10.1. The molecular formula is C29H38ClF2N3O2. The lowest BCUT2D eigenvalue weighted by atomic mass is 9.89. The lowest BCUT2D eigenvalue weighted by Gasteiger charge is -2.21. The highest BCUT2D eigenvalue weighted by Crippen LogP contribution is 2.33. The van der Waals surface area contributed by atoms with Crippen LogP contribution in [0.4, 0.5) is 8.78 Å². The summed E-state index contributed by atoms with van der Waals surface area (Å²) in [5.41, 5.74) is 4.28. The van der Waals surface area contributed by atoms with Crippen molar-refractivity contribution in [3.05, 3.63) is 64.2 Å². The number of alkyl halides is 1. The Bertz CT molecular complexity index is 1180. The molecule has 2 N–H and O–H groups in total. The number of fused-ring (bicyclic) bond motifs is 1. The number of methoxy groups -OCH3 is 1. The fourth-order valence-electron chi connectivity index (χ4n) is 4.18. The summed E-state index contributed by atoms with van der Waals surface area (Å²) in [5.74, 6) is 0.956. The van der Waals surface area contributed by atoms with Gasteiger partial charge in [0.1, 0.15) is 17.2 Å². The predicted molar refractivity (Wildman–Crippen MR) is 150 cm³/mol. The van der Waals surface area contributed by atoms with Crippen LogP contribution in [-0.4, -0.2) is 48.2 Å². The number of H-pyrrole nitrogens is 1. The van der Waals surface area contributed by atoms with Gasteiger partial charge in [0.05, 0.1) is 24.9 Å². The number of allylic oxidation sites excluding steroid dienone is 2. The van der Waals surface area contributed by atoms with E-state index in [0.717, 1.165) is 46.5 Å². The molecule has 0 bridgehead atoms. The van der Waals surface area contributed by atoms with Gasteiger partial charge in [0, 0.05) is 48.6 Å². The minimum Gasteiger partial charge on any atom is -0.496 e. The van der Waals surface area contributed by atoms with Gasteiger partial charge in [-0.1, -0.05) is 24.6 Å². The molecular weight excluding hydrogens is 496 g/mol. The van der Waals surface area contributed by atoms with Gasteiger partial charge in [0.25, 0.3) is 0 Å². The highest BCUT2D eigenvalue weighted by atomic mass is 35.5. The molecule has 1 saturated carbocycles. The zero-order valence-corrected chi connectivity index (χ0v) is 23.1. The van der Waals surface area contributed by atoms with E-state index >= 15 is 0 Å². The zero-order chi connectivity index (χ0) is 27.4. The van der Waals surface area contributed by atoms with E-state index in [2.05, 4.69) is 21.9 Å². The van der Waals surface area contributed by atoms with Crippen LogP contribution in [0.3, 0.4) is 0 Å². The zero-order valence-electron chi connectivity index (χ0n) is 22.3. The molecule has 202 valence electrons. The standard InChI is InChI=1S/C20H19ClFN3O.C7H14O.C2H5F/c1-4-12(9-23-2)13-7-15-14(11-25-20(15)24-10-13)8-16-18(26-3)6-5-17(22)19(16)21;1-6-2-4-7(8)5-3-6;1-2-3/h4-7,9-11H,8H2,1-3H3,(H,24,25);6-8H,2-5H2,1H3;2H2,1H3/b12-4+,23-9?;;. The van der Waals surface area contributed by atoms with E-state index in [1.807, 2.05) is 25.3 Å². The Kier molecular flexibility index (Phi) is 12.7. The molecule has 1 aliphatic carbocycles. The van der Waals surface area contributed by atoms with Crippen molar-refractivity contribution in [2.75, 3.05) is 20.8 Å². The van der Waals surface area contributed by atoms with Gasteiger partial charge in [-0.3, -0.25) is 9.38 Å². The van der Waals surface area contributed by atoms with Crippen molar-refractivity contribution < 1.29 is 18.6 Å². The van der Waals surface area contributed by atoms with Crippen LogP contribution in [0.5, 0.6) is 5.75 Å². The lowest BCUT2D eigenvalue weighted by molar-refractivity contribution is 0.112. The molecule has 2 heterocycles. The van der Waals surface area contributed by atoms with Crippen LogP contribution in [0.25, 0.3) is 16.6 Å². The number of halogens is 3. The fraction of sp³-hybridized carbons (Fsp3) is 0.448. The van der Waals surface area contributed by atoms with E-state index in [1.165, 1.54) is 25.8 Å². The van der Waals surface area contributed by atoms with E-state index in [0.29, 0.717) is 17.7 Å². The number of aliphatic imine (C=N–C) groups is 1. The molecule has 0 unspecified atom stereocenters. The van der Waals surface area contributed by atoms with Gasteiger partial charge in [-0.25, -0.2) is 9.37 Å². The van der Waals surface area contributed by atoms with Gasteiger partial charge in [0.15, 0.2) is 0 Å². The molecule has 0 amide bonds. The SMILES string of the molecule is C/C=C(\C=NC)c1cnc2[nH]cc(Cc3c(OC)ccc(F)c3Cl)c2c1.CC1CCC(O)CC1.CCF. The summed E-state index contributed by atoms with van der Waals surface area (Å²) in [6, 6.07) is 4.94. The number of aliphatic hydroxyl groups excluding tert-OH is 1. The van der Waals surface area contributed by atoms with Gasteiger partial charge < -0.3 is 14.8 Å². The topological polar surface area (TPSA) is 70.5 Å². The van der Waals surface area contributed by atoms with Crippen LogP contribution in [0.1, 0.15) is 63.1 Å². The molecule has 4 rings (SSSR count). The van der Waals surface area contributed by atoms with Crippen LogP contribution in [-0.2, 0) is 6.42 Å². The van der Waals surface area contributed by atoms with Gasteiger partial charge >= 0.3 is 0 Å². The molecule has 37 heavy (non-hydrogen) atoms. The molecule has 0 spiro atoms. The maximum absolute atomic E-state index is 13.9. The van der Waals surface area contributed by atoms with Crippen LogP contribution in [0.15, 0.2) is 41.7 Å². The first-order chi connectivity index (χ1) is 17.8. The van der Waals surface area contributed by atoms with Crippen molar-refractivity contribution in [2.45, 2.75) is 59.0 Å². The first kappa shape index (κ1) is 30.5. The molecule has 2 aromatic heterocycles. The van der Waals surface area contributed by atoms with Gasteiger partial charge in [0.2, 0.25) is 0 Å². The lowest BCUT2D eigenvalue weighted by Crippen LogP contribution is -2.15. The molecule has 1 aromatic carbocycles. The third kappa shape index (κ3) is 8.64. The minimum absolute atomic E-state index is 0.0196. The van der Waals surface area contributed by atoms with Crippen LogP contribution in [0, 0.1) is 11.7 Å². The molecule has 3 aromatic rings. The number of pyridine rings is 1. The quantitative estimate of drug-likeness (QED) is 0.332.